The topological polar surface area (TPSA) is 40.5 Å². The summed E-state index contributed by atoms with van der Waals surface area (Å²) in [6, 6.07) is 14.1. The number of hydrogen-bond acceptors (Lipinski definition) is 2. The number of aromatic hydroxyl groups is 1. The van der Waals surface area contributed by atoms with E-state index in [-0.39, 0.29) is 5.41 Å². The van der Waals surface area contributed by atoms with Gasteiger partial charge in [0.15, 0.2) is 0 Å². The van der Waals surface area contributed by atoms with Gasteiger partial charge >= 0.3 is 0 Å². The van der Waals surface area contributed by atoms with Crippen LogP contribution in [0, 0.1) is 32.7 Å². The van der Waals surface area contributed by atoms with Gasteiger partial charge in [0.2, 0.25) is 0 Å². The fraction of sp³-hybridized carbons (Fsp3) is 0.462. The number of aliphatic hydroxyl groups is 1. The van der Waals surface area contributed by atoms with Crippen LogP contribution < -0.4 is 0 Å². The van der Waals surface area contributed by atoms with Crippen LogP contribution in [-0.4, -0.2) is 15.8 Å². The fourth-order valence-corrected chi connectivity index (χ4v) is 6.86. The van der Waals surface area contributed by atoms with Crippen molar-refractivity contribution < 1.29 is 10.2 Å². The minimum atomic E-state index is -0.902. The Morgan fingerprint density at radius 1 is 1.03 bits per heavy atom. The van der Waals surface area contributed by atoms with Crippen LogP contribution in [-0.2, 0) is 6.42 Å². The van der Waals surface area contributed by atoms with E-state index in [1.54, 1.807) is 0 Å². The van der Waals surface area contributed by atoms with Crippen molar-refractivity contribution >= 4 is 22.6 Å². The maximum absolute atomic E-state index is 11.7. The summed E-state index contributed by atoms with van der Waals surface area (Å²) in [6.45, 7) is 2.29. The van der Waals surface area contributed by atoms with Gasteiger partial charge in [-0.1, -0.05) is 24.8 Å². The van der Waals surface area contributed by atoms with Gasteiger partial charge in [-0.05, 0) is 126 Å². The minimum Gasteiger partial charge on any atom is -0.508 e. The van der Waals surface area contributed by atoms with Crippen molar-refractivity contribution in [1.82, 2.24) is 0 Å². The molecule has 2 N–H and O–H groups in total. The molecule has 0 aromatic heterocycles. The van der Waals surface area contributed by atoms with Crippen LogP contribution in [0.15, 0.2) is 42.5 Å². The molecule has 150 valence electrons. The van der Waals surface area contributed by atoms with E-state index in [2.05, 4.69) is 59.6 Å². The summed E-state index contributed by atoms with van der Waals surface area (Å²) in [5.41, 5.74) is 2.69. The second-order valence-corrected chi connectivity index (χ2v) is 10.7. The van der Waals surface area contributed by atoms with E-state index in [4.69, 9.17) is 0 Å². The van der Waals surface area contributed by atoms with Gasteiger partial charge in [-0.25, -0.2) is 0 Å². The van der Waals surface area contributed by atoms with Crippen LogP contribution in [0.2, 0.25) is 0 Å². The number of rotatable bonds is 0. The molecule has 0 radical (unpaired) electrons. The SMILES string of the molecule is C[C@]12CC[C@@H]3c4ccc(O)cc4CC[C@H]3[C@@H]1CC[C@@]2(O)C#Cc1ccc([125I])cc1. The number of benzene rings is 2. The zero-order chi connectivity index (χ0) is 20.2. The number of phenols is 1. The summed E-state index contributed by atoms with van der Waals surface area (Å²) < 4.78 is 1.20. The fourth-order valence-electron chi connectivity index (χ4n) is 6.50. The molecule has 0 heterocycles. The molecule has 3 heteroatoms. The lowest BCUT2D eigenvalue weighted by Crippen LogP contribution is -2.50. The molecule has 0 bridgehead atoms. The summed E-state index contributed by atoms with van der Waals surface area (Å²) in [4.78, 5) is 0. The molecule has 3 aliphatic carbocycles. The molecule has 2 aromatic carbocycles. The number of hydrogen-bond donors (Lipinski definition) is 2. The Labute approximate surface area is 186 Å². The van der Waals surface area contributed by atoms with E-state index >= 15 is 0 Å². The standard InChI is InChI=1S/C26H27IO2/c1-25-13-11-22-21-9-7-20(28)16-18(21)4-8-23(22)24(25)12-15-26(25,29)14-10-17-2-5-19(27)6-3-17/h2-3,5-7,9,16,22-24,28-29H,4,8,11-13,15H2,1H3/t22-,23-,24+,25+,26+/m1/s1/i27-2. The van der Waals surface area contributed by atoms with E-state index in [9.17, 15) is 10.2 Å². The smallest absolute Gasteiger partial charge is 0.131 e. The Balaban J connectivity index is 1.44. The summed E-state index contributed by atoms with van der Waals surface area (Å²) in [7, 11) is 0. The van der Waals surface area contributed by atoms with Crippen LogP contribution in [0.1, 0.15) is 61.6 Å². The lowest BCUT2D eigenvalue weighted by molar-refractivity contribution is -0.0647. The van der Waals surface area contributed by atoms with Crippen LogP contribution in [0.5, 0.6) is 5.75 Å². The maximum atomic E-state index is 11.7. The molecule has 29 heavy (non-hydrogen) atoms. The van der Waals surface area contributed by atoms with Crippen molar-refractivity contribution in [2.24, 2.45) is 17.3 Å². The highest BCUT2D eigenvalue weighted by Gasteiger charge is 2.61. The molecule has 0 unspecified atom stereocenters. The molecule has 5 atom stereocenters. The first-order valence-corrected chi connectivity index (χ1v) is 11.8. The lowest BCUT2D eigenvalue weighted by atomic mass is 9.53. The predicted molar refractivity (Wildman–Crippen MR) is 124 cm³/mol. The van der Waals surface area contributed by atoms with Gasteiger partial charge in [-0.3, -0.25) is 0 Å². The van der Waals surface area contributed by atoms with E-state index in [1.165, 1.54) is 14.7 Å². The van der Waals surface area contributed by atoms with Crippen LogP contribution >= 0.6 is 22.6 Å². The predicted octanol–water partition coefficient (Wildman–Crippen LogP) is 5.64. The van der Waals surface area contributed by atoms with Crippen molar-refractivity contribution in [1.29, 1.82) is 0 Å². The Bertz CT molecular complexity index is 1000. The van der Waals surface area contributed by atoms with Gasteiger partial charge < -0.3 is 10.2 Å². The van der Waals surface area contributed by atoms with Gasteiger partial charge in [0, 0.05) is 14.5 Å². The molecule has 2 nitrogen and oxygen atoms in total. The zero-order valence-corrected chi connectivity index (χ0v) is 18.9. The maximum Gasteiger partial charge on any atom is 0.131 e. The molecule has 2 aromatic rings. The zero-order valence-electron chi connectivity index (χ0n) is 16.8. The largest absolute Gasteiger partial charge is 0.508 e. The van der Waals surface area contributed by atoms with Crippen LogP contribution in [0.4, 0.5) is 0 Å². The van der Waals surface area contributed by atoms with Gasteiger partial charge in [-0.2, -0.15) is 0 Å². The minimum absolute atomic E-state index is 0.140. The lowest BCUT2D eigenvalue weighted by Gasteiger charge is -2.52. The molecule has 5 rings (SSSR count). The molecular weight excluding hydrogens is 469 g/mol. The number of halogens is 1. The van der Waals surface area contributed by atoms with Crippen molar-refractivity contribution in [3.05, 3.63) is 62.7 Å². The quantitative estimate of drug-likeness (QED) is 0.367. The number of aryl methyl sites for hydroxylation is 1. The summed E-state index contributed by atoms with van der Waals surface area (Å²) in [5, 5.41) is 21.5. The van der Waals surface area contributed by atoms with E-state index in [0.29, 0.717) is 23.5 Å². The van der Waals surface area contributed by atoms with Crippen LogP contribution in [0.3, 0.4) is 0 Å². The third-order valence-electron chi connectivity index (χ3n) is 8.12. The summed E-state index contributed by atoms with van der Waals surface area (Å²) >= 11 is 2.30. The number of phenolic OH excluding ortho intramolecular Hbond substituents is 1. The third-order valence-corrected chi connectivity index (χ3v) is 8.84. The second-order valence-electron chi connectivity index (χ2n) is 9.41. The molecule has 0 amide bonds. The highest BCUT2D eigenvalue weighted by Crippen LogP contribution is 2.64. The Kier molecular flexibility index (Phi) is 4.71. The third kappa shape index (κ3) is 3.11. The molecule has 0 aliphatic heterocycles. The van der Waals surface area contributed by atoms with E-state index in [1.807, 2.05) is 24.3 Å². The van der Waals surface area contributed by atoms with Gasteiger partial charge in [0.05, 0.1) is 0 Å². The van der Waals surface area contributed by atoms with Crippen LogP contribution in [0.25, 0.3) is 0 Å². The molecule has 3 aliphatic rings. The average molecular weight is 496 g/mol. The molecule has 2 fully saturated rings. The van der Waals surface area contributed by atoms with Gasteiger partial charge in [-0.15, -0.1) is 0 Å². The molecule has 0 spiro atoms. The first kappa shape index (κ1) is 19.5. The summed E-state index contributed by atoms with van der Waals surface area (Å²) in [6.07, 6.45) is 6.13. The molecule has 2 saturated carbocycles. The Morgan fingerprint density at radius 2 is 1.83 bits per heavy atom. The molecule has 0 saturated heterocycles. The Hall–Kier alpha value is -1.51. The highest BCUT2D eigenvalue weighted by molar-refractivity contribution is 14.1. The van der Waals surface area contributed by atoms with Gasteiger partial charge in [0.25, 0.3) is 0 Å². The van der Waals surface area contributed by atoms with Crippen molar-refractivity contribution in [3.8, 4) is 17.6 Å². The monoisotopic (exact) mass is 496 g/mol. The normalized spacial score (nSPS) is 35.1. The number of fused-ring (bicyclic) bond motifs is 5. The van der Waals surface area contributed by atoms with Crippen molar-refractivity contribution in [2.75, 3.05) is 0 Å². The highest BCUT2D eigenvalue weighted by atomic mass is 125. The second kappa shape index (κ2) is 7.03. The van der Waals surface area contributed by atoms with Crippen molar-refractivity contribution in [2.45, 2.75) is 57.0 Å². The van der Waals surface area contributed by atoms with Crippen molar-refractivity contribution in [3.63, 3.8) is 0 Å². The summed E-state index contributed by atoms with van der Waals surface area (Å²) in [5.74, 6) is 8.66. The first-order valence-electron chi connectivity index (χ1n) is 10.7. The molecular formula is C26H27IO2. The van der Waals surface area contributed by atoms with E-state index in [0.717, 1.165) is 44.1 Å². The first-order chi connectivity index (χ1) is 13.9. The average Bonchev–Trinajstić information content (AvgIpc) is 2.98. The van der Waals surface area contributed by atoms with E-state index < -0.39 is 5.60 Å². The Morgan fingerprint density at radius 3 is 2.62 bits per heavy atom. The van der Waals surface area contributed by atoms with Gasteiger partial charge in [0.1, 0.15) is 11.4 Å².